The molecule has 17 heavy (non-hydrogen) atoms. The van der Waals surface area contributed by atoms with Crippen LogP contribution in [0, 0.1) is 5.41 Å². The van der Waals surface area contributed by atoms with Crippen LogP contribution >= 0.6 is 0 Å². The van der Waals surface area contributed by atoms with Crippen molar-refractivity contribution in [3.05, 3.63) is 18.0 Å². The number of nitrogens with one attached hydrogen (secondary N) is 1. The van der Waals surface area contributed by atoms with Crippen LogP contribution in [0.15, 0.2) is 12.3 Å². The van der Waals surface area contributed by atoms with Gasteiger partial charge < -0.3 is 5.32 Å². The third kappa shape index (κ3) is 2.89. The van der Waals surface area contributed by atoms with Gasteiger partial charge in [-0.2, -0.15) is 5.10 Å². The number of nitrogens with zero attached hydrogens (tertiary/aromatic N) is 2. The van der Waals surface area contributed by atoms with Gasteiger partial charge in [0, 0.05) is 25.0 Å². The summed E-state index contributed by atoms with van der Waals surface area (Å²) in [7, 11) is 2.04. The quantitative estimate of drug-likeness (QED) is 0.787. The lowest BCUT2D eigenvalue weighted by molar-refractivity contribution is 0.329. The van der Waals surface area contributed by atoms with E-state index in [0.29, 0.717) is 11.5 Å². The molecular weight excluding hydrogens is 210 g/mol. The second-order valence-electron chi connectivity index (χ2n) is 5.48. The van der Waals surface area contributed by atoms with Gasteiger partial charge in [-0.15, -0.1) is 0 Å². The van der Waals surface area contributed by atoms with E-state index in [0.717, 1.165) is 13.0 Å². The molecule has 1 aromatic heterocycles. The van der Waals surface area contributed by atoms with Crippen molar-refractivity contribution in [2.45, 2.75) is 52.0 Å². The third-order valence-electron chi connectivity index (χ3n) is 4.31. The van der Waals surface area contributed by atoms with E-state index in [-0.39, 0.29) is 0 Å². The van der Waals surface area contributed by atoms with Crippen LogP contribution < -0.4 is 5.32 Å². The fraction of sp³-hybridized carbons (Fsp3) is 0.786. The maximum absolute atomic E-state index is 4.23. The van der Waals surface area contributed by atoms with Gasteiger partial charge in [0.2, 0.25) is 0 Å². The molecular formula is C14H25N3. The van der Waals surface area contributed by atoms with Crippen LogP contribution in [0.25, 0.3) is 0 Å². The first-order chi connectivity index (χ1) is 8.18. The summed E-state index contributed by atoms with van der Waals surface area (Å²) >= 11 is 0. The lowest BCUT2D eigenvalue weighted by Crippen LogP contribution is -2.35. The maximum Gasteiger partial charge on any atom is 0.0492 e. The average Bonchev–Trinajstić information content (AvgIpc) is 3.02. The summed E-state index contributed by atoms with van der Waals surface area (Å²) in [4.78, 5) is 0. The predicted octanol–water partition coefficient (Wildman–Crippen LogP) is 2.52. The van der Waals surface area contributed by atoms with E-state index in [2.05, 4.69) is 30.3 Å². The molecule has 0 radical (unpaired) electrons. The normalized spacial score (nSPS) is 19.2. The van der Waals surface area contributed by atoms with Crippen molar-refractivity contribution in [2.24, 2.45) is 12.5 Å². The SMILES string of the molecule is CCCNC(C)C1(CCc2ccnn2C)CC1. The largest absolute Gasteiger partial charge is 0.314 e. The molecule has 1 saturated carbocycles. The topological polar surface area (TPSA) is 29.9 Å². The van der Waals surface area contributed by atoms with Gasteiger partial charge in [0.25, 0.3) is 0 Å². The van der Waals surface area contributed by atoms with E-state index in [1.807, 2.05) is 17.9 Å². The molecule has 1 heterocycles. The van der Waals surface area contributed by atoms with Gasteiger partial charge in [-0.3, -0.25) is 4.68 Å². The molecule has 0 aromatic carbocycles. The lowest BCUT2D eigenvalue weighted by atomic mass is 9.91. The van der Waals surface area contributed by atoms with Gasteiger partial charge in [-0.1, -0.05) is 6.92 Å². The van der Waals surface area contributed by atoms with E-state index in [1.54, 1.807) is 0 Å². The summed E-state index contributed by atoms with van der Waals surface area (Å²) in [5.74, 6) is 0. The highest BCUT2D eigenvalue weighted by Crippen LogP contribution is 2.52. The van der Waals surface area contributed by atoms with E-state index in [1.165, 1.54) is 31.4 Å². The maximum atomic E-state index is 4.23. The molecule has 0 bridgehead atoms. The minimum Gasteiger partial charge on any atom is -0.314 e. The first-order valence-electron chi connectivity index (χ1n) is 6.88. The highest BCUT2D eigenvalue weighted by atomic mass is 15.2. The van der Waals surface area contributed by atoms with Gasteiger partial charge in [-0.05, 0) is 57.1 Å². The summed E-state index contributed by atoms with van der Waals surface area (Å²) in [5.41, 5.74) is 1.93. The molecule has 1 aliphatic carbocycles. The van der Waals surface area contributed by atoms with Crippen LogP contribution in [0.2, 0.25) is 0 Å². The van der Waals surface area contributed by atoms with Crippen LogP contribution in [0.4, 0.5) is 0 Å². The zero-order valence-electron chi connectivity index (χ0n) is 11.4. The van der Waals surface area contributed by atoms with Crippen molar-refractivity contribution < 1.29 is 0 Å². The molecule has 1 aromatic rings. The van der Waals surface area contributed by atoms with Crippen LogP contribution in [-0.2, 0) is 13.5 Å². The lowest BCUT2D eigenvalue weighted by Gasteiger charge is -2.24. The third-order valence-corrected chi connectivity index (χ3v) is 4.31. The van der Waals surface area contributed by atoms with E-state index >= 15 is 0 Å². The summed E-state index contributed by atoms with van der Waals surface area (Å²) in [6.07, 6.45) is 8.36. The second kappa shape index (κ2) is 5.21. The molecule has 0 amide bonds. The van der Waals surface area contributed by atoms with Crippen LogP contribution in [0.1, 0.15) is 45.2 Å². The number of hydrogen-bond acceptors (Lipinski definition) is 2. The summed E-state index contributed by atoms with van der Waals surface area (Å²) in [6, 6.07) is 2.80. The predicted molar refractivity (Wildman–Crippen MR) is 71.0 cm³/mol. The van der Waals surface area contributed by atoms with Gasteiger partial charge in [0.1, 0.15) is 0 Å². The zero-order valence-corrected chi connectivity index (χ0v) is 11.4. The Bertz CT molecular complexity index is 352. The molecule has 1 aliphatic rings. The van der Waals surface area contributed by atoms with Crippen LogP contribution in [0.5, 0.6) is 0 Å². The van der Waals surface area contributed by atoms with Crippen molar-refractivity contribution in [3.63, 3.8) is 0 Å². The zero-order chi connectivity index (χ0) is 12.3. The van der Waals surface area contributed by atoms with Gasteiger partial charge in [0.05, 0.1) is 0 Å². The Morgan fingerprint density at radius 2 is 2.29 bits per heavy atom. The van der Waals surface area contributed by atoms with E-state index in [9.17, 15) is 0 Å². The fourth-order valence-electron chi connectivity index (χ4n) is 2.66. The van der Waals surface area contributed by atoms with Crippen molar-refractivity contribution >= 4 is 0 Å². The van der Waals surface area contributed by atoms with E-state index < -0.39 is 0 Å². The molecule has 0 spiro atoms. The first kappa shape index (κ1) is 12.6. The van der Waals surface area contributed by atoms with Crippen molar-refractivity contribution in [2.75, 3.05) is 6.54 Å². The average molecular weight is 235 g/mol. The van der Waals surface area contributed by atoms with Crippen molar-refractivity contribution in [1.29, 1.82) is 0 Å². The summed E-state index contributed by atoms with van der Waals surface area (Å²) < 4.78 is 2.00. The Kier molecular flexibility index (Phi) is 3.87. The monoisotopic (exact) mass is 235 g/mol. The summed E-state index contributed by atoms with van der Waals surface area (Å²) in [5, 5.41) is 7.89. The minimum atomic E-state index is 0.569. The standard InChI is InChI=1S/C14H25N3/c1-4-10-15-12(2)14(8-9-14)7-5-13-6-11-16-17(13)3/h6,11-12,15H,4-5,7-10H2,1-3H3. The molecule has 0 aliphatic heterocycles. The molecule has 0 saturated heterocycles. The second-order valence-corrected chi connectivity index (χ2v) is 5.48. The van der Waals surface area contributed by atoms with Crippen LogP contribution in [0.3, 0.4) is 0 Å². The van der Waals surface area contributed by atoms with Gasteiger partial charge >= 0.3 is 0 Å². The smallest absolute Gasteiger partial charge is 0.0492 e. The first-order valence-corrected chi connectivity index (χ1v) is 6.88. The molecule has 1 N–H and O–H groups in total. The Labute approximate surface area is 105 Å². The Balaban J connectivity index is 1.84. The van der Waals surface area contributed by atoms with Crippen molar-refractivity contribution in [1.82, 2.24) is 15.1 Å². The number of aryl methyl sites for hydroxylation is 2. The minimum absolute atomic E-state index is 0.569. The Morgan fingerprint density at radius 3 is 2.82 bits per heavy atom. The Hall–Kier alpha value is -0.830. The summed E-state index contributed by atoms with van der Waals surface area (Å²) in [6.45, 7) is 5.73. The number of hydrogen-bond donors (Lipinski definition) is 1. The number of rotatable bonds is 7. The molecule has 96 valence electrons. The van der Waals surface area contributed by atoms with Gasteiger partial charge in [0.15, 0.2) is 0 Å². The highest BCUT2D eigenvalue weighted by molar-refractivity contribution is 5.06. The van der Waals surface area contributed by atoms with Crippen LogP contribution in [-0.4, -0.2) is 22.4 Å². The number of aromatic nitrogens is 2. The molecule has 1 unspecified atom stereocenters. The van der Waals surface area contributed by atoms with E-state index in [4.69, 9.17) is 0 Å². The van der Waals surface area contributed by atoms with Gasteiger partial charge in [-0.25, -0.2) is 0 Å². The molecule has 2 rings (SSSR count). The van der Waals surface area contributed by atoms with Crippen molar-refractivity contribution in [3.8, 4) is 0 Å². The fourth-order valence-corrected chi connectivity index (χ4v) is 2.66. The molecule has 3 heteroatoms. The Morgan fingerprint density at radius 1 is 1.53 bits per heavy atom. The molecule has 1 atom stereocenters. The molecule has 1 fully saturated rings. The highest BCUT2D eigenvalue weighted by Gasteiger charge is 2.46. The molecule has 3 nitrogen and oxygen atoms in total.